The van der Waals surface area contributed by atoms with Gasteiger partial charge in [0.05, 0.1) is 26.4 Å². The molecule has 0 N–H and O–H groups in total. The highest BCUT2D eigenvalue weighted by Gasteiger charge is 2.25. The number of benzene rings is 1. The second-order valence-corrected chi connectivity index (χ2v) is 3.21. The van der Waals surface area contributed by atoms with Gasteiger partial charge < -0.3 is 14.2 Å². The number of ketones is 1. The summed E-state index contributed by atoms with van der Waals surface area (Å²) in [7, 11) is 2.48. The fourth-order valence-corrected chi connectivity index (χ4v) is 1.42. The number of hydrogen-bond acceptors (Lipinski definition) is 5. The van der Waals surface area contributed by atoms with E-state index in [9.17, 15) is 14.0 Å². The molecule has 6 heteroatoms. The molecule has 0 unspecified atom stereocenters. The number of Topliss-reactive ketones (excluding diaryl/α,β-unsaturated/α-hetero) is 1. The van der Waals surface area contributed by atoms with Crippen LogP contribution in [0, 0.1) is 5.82 Å². The number of carbonyl (C=O) groups excluding carboxylic acids is 2. The highest BCUT2D eigenvalue weighted by molar-refractivity contribution is 6.41. The molecule has 0 aliphatic heterocycles. The number of ether oxygens (including phenoxy) is 3. The fraction of sp³-hybridized carbons (Fsp3) is 0.333. The maximum absolute atomic E-state index is 13.4. The SMILES string of the molecule is CCOC(=O)C(=O)c1ccc(F)c(OC)c1OC. The van der Waals surface area contributed by atoms with Gasteiger partial charge >= 0.3 is 5.97 Å². The number of rotatable bonds is 5. The second-order valence-electron chi connectivity index (χ2n) is 3.21. The first-order chi connectivity index (χ1) is 8.56. The van der Waals surface area contributed by atoms with E-state index >= 15 is 0 Å². The van der Waals surface area contributed by atoms with E-state index < -0.39 is 17.6 Å². The number of halogens is 1. The van der Waals surface area contributed by atoms with Crippen molar-refractivity contribution in [3.63, 3.8) is 0 Å². The quantitative estimate of drug-likeness (QED) is 0.455. The van der Waals surface area contributed by atoms with Crippen LogP contribution in [0.3, 0.4) is 0 Å². The molecule has 1 aromatic rings. The summed E-state index contributed by atoms with van der Waals surface area (Å²) in [5.41, 5.74) is -0.103. The molecule has 1 aromatic carbocycles. The van der Waals surface area contributed by atoms with E-state index in [2.05, 4.69) is 4.74 Å². The summed E-state index contributed by atoms with van der Waals surface area (Å²) in [6, 6.07) is 2.17. The molecule has 0 bridgehead atoms. The lowest BCUT2D eigenvalue weighted by Crippen LogP contribution is -2.18. The number of hydrogen-bond donors (Lipinski definition) is 0. The number of carbonyl (C=O) groups is 2. The van der Waals surface area contributed by atoms with Crippen molar-refractivity contribution in [1.82, 2.24) is 0 Å². The zero-order chi connectivity index (χ0) is 13.7. The zero-order valence-corrected chi connectivity index (χ0v) is 10.3. The number of methoxy groups -OCH3 is 2. The minimum absolute atomic E-state index is 0.0746. The maximum atomic E-state index is 13.4. The van der Waals surface area contributed by atoms with Gasteiger partial charge in [0.1, 0.15) is 0 Å². The van der Waals surface area contributed by atoms with Gasteiger partial charge in [-0.25, -0.2) is 9.18 Å². The normalized spacial score (nSPS) is 9.78. The van der Waals surface area contributed by atoms with E-state index in [1.807, 2.05) is 0 Å². The average molecular weight is 256 g/mol. The predicted molar refractivity (Wildman–Crippen MR) is 60.5 cm³/mol. The molecular formula is C12H13FO5. The minimum Gasteiger partial charge on any atom is -0.492 e. The van der Waals surface area contributed by atoms with Crippen LogP contribution in [0.4, 0.5) is 4.39 Å². The molecule has 0 saturated carbocycles. The Bertz CT molecular complexity index is 470. The Hall–Kier alpha value is -2.11. The summed E-state index contributed by atoms with van der Waals surface area (Å²) in [4.78, 5) is 23.1. The van der Waals surface area contributed by atoms with E-state index in [4.69, 9.17) is 9.47 Å². The van der Waals surface area contributed by atoms with E-state index in [-0.39, 0.29) is 23.7 Å². The van der Waals surface area contributed by atoms with E-state index in [1.165, 1.54) is 14.2 Å². The number of esters is 1. The molecule has 0 aliphatic carbocycles. The van der Waals surface area contributed by atoms with Crippen molar-refractivity contribution in [2.45, 2.75) is 6.92 Å². The van der Waals surface area contributed by atoms with Gasteiger partial charge in [-0.2, -0.15) is 0 Å². The Morgan fingerprint density at radius 3 is 2.28 bits per heavy atom. The van der Waals surface area contributed by atoms with Crippen molar-refractivity contribution in [2.24, 2.45) is 0 Å². The van der Waals surface area contributed by atoms with Gasteiger partial charge in [-0.05, 0) is 19.1 Å². The van der Waals surface area contributed by atoms with Crippen LogP contribution >= 0.6 is 0 Å². The van der Waals surface area contributed by atoms with Crippen molar-refractivity contribution < 1.29 is 28.2 Å². The summed E-state index contributed by atoms with van der Waals surface area (Å²) in [6.45, 7) is 1.65. The largest absolute Gasteiger partial charge is 0.492 e. The van der Waals surface area contributed by atoms with Crippen LogP contribution in [0.25, 0.3) is 0 Å². The van der Waals surface area contributed by atoms with Crippen LogP contribution in [-0.4, -0.2) is 32.6 Å². The molecule has 5 nitrogen and oxygen atoms in total. The van der Waals surface area contributed by atoms with Gasteiger partial charge in [0, 0.05) is 0 Å². The molecular weight excluding hydrogens is 243 g/mol. The maximum Gasteiger partial charge on any atom is 0.379 e. The summed E-state index contributed by atoms with van der Waals surface area (Å²) in [5.74, 6) is -2.98. The zero-order valence-electron chi connectivity index (χ0n) is 10.3. The Morgan fingerprint density at radius 1 is 1.17 bits per heavy atom. The van der Waals surface area contributed by atoms with Crippen LogP contribution in [0.5, 0.6) is 11.5 Å². The van der Waals surface area contributed by atoms with Crippen LogP contribution in [0.15, 0.2) is 12.1 Å². The van der Waals surface area contributed by atoms with Crippen LogP contribution in [-0.2, 0) is 9.53 Å². The molecule has 0 spiro atoms. The molecule has 0 aromatic heterocycles. The van der Waals surface area contributed by atoms with Gasteiger partial charge in [0.15, 0.2) is 17.3 Å². The molecule has 0 saturated heterocycles. The van der Waals surface area contributed by atoms with Crippen LogP contribution < -0.4 is 9.47 Å². The van der Waals surface area contributed by atoms with Crippen molar-refractivity contribution in [3.05, 3.63) is 23.5 Å². The smallest absolute Gasteiger partial charge is 0.379 e. The second kappa shape index (κ2) is 6.00. The van der Waals surface area contributed by atoms with Gasteiger partial charge in [0.2, 0.25) is 0 Å². The first-order valence-electron chi connectivity index (χ1n) is 5.18. The Labute approximate surface area is 103 Å². The molecule has 0 radical (unpaired) electrons. The molecule has 98 valence electrons. The minimum atomic E-state index is -1.02. The lowest BCUT2D eigenvalue weighted by molar-refractivity contribution is -0.137. The fourth-order valence-electron chi connectivity index (χ4n) is 1.42. The summed E-state index contributed by atoms with van der Waals surface area (Å²) in [5, 5.41) is 0. The van der Waals surface area contributed by atoms with Gasteiger partial charge in [-0.15, -0.1) is 0 Å². The first kappa shape index (κ1) is 14.0. The molecule has 0 atom stereocenters. The van der Waals surface area contributed by atoms with Gasteiger partial charge in [-0.3, -0.25) is 4.79 Å². The lowest BCUT2D eigenvalue weighted by Gasteiger charge is -2.12. The topological polar surface area (TPSA) is 61.8 Å². The predicted octanol–water partition coefficient (Wildman–Crippen LogP) is 1.59. The van der Waals surface area contributed by atoms with Gasteiger partial charge in [0.25, 0.3) is 5.78 Å². The Balaban J connectivity index is 3.24. The molecule has 18 heavy (non-hydrogen) atoms. The third-order valence-corrected chi connectivity index (χ3v) is 2.18. The first-order valence-corrected chi connectivity index (χ1v) is 5.18. The summed E-state index contributed by atoms with van der Waals surface area (Å²) in [6.07, 6.45) is 0. The van der Waals surface area contributed by atoms with Crippen molar-refractivity contribution >= 4 is 11.8 Å². The highest BCUT2D eigenvalue weighted by atomic mass is 19.1. The van der Waals surface area contributed by atoms with Crippen molar-refractivity contribution in [1.29, 1.82) is 0 Å². The van der Waals surface area contributed by atoms with Gasteiger partial charge in [-0.1, -0.05) is 0 Å². The molecule has 0 fully saturated rings. The average Bonchev–Trinajstić information content (AvgIpc) is 2.37. The standard InChI is InChI=1S/C12H13FO5/c1-4-18-12(15)9(14)7-5-6-8(13)11(17-3)10(7)16-2/h5-6H,4H2,1-3H3. The third kappa shape index (κ3) is 2.58. The highest BCUT2D eigenvalue weighted by Crippen LogP contribution is 2.34. The van der Waals surface area contributed by atoms with E-state index in [0.717, 1.165) is 12.1 Å². The lowest BCUT2D eigenvalue weighted by atomic mass is 10.1. The third-order valence-electron chi connectivity index (χ3n) is 2.18. The van der Waals surface area contributed by atoms with Crippen LogP contribution in [0.1, 0.15) is 17.3 Å². The van der Waals surface area contributed by atoms with Crippen LogP contribution in [0.2, 0.25) is 0 Å². The van der Waals surface area contributed by atoms with Crippen molar-refractivity contribution in [3.8, 4) is 11.5 Å². The monoisotopic (exact) mass is 256 g/mol. The van der Waals surface area contributed by atoms with Crippen molar-refractivity contribution in [2.75, 3.05) is 20.8 Å². The molecule has 0 aliphatic rings. The Morgan fingerprint density at radius 2 is 1.78 bits per heavy atom. The summed E-state index contributed by atoms with van der Waals surface area (Å²) >= 11 is 0. The summed E-state index contributed by atoms with van der Waals surface area (Å²) < 4.78 is 27.7. The van der Waals surface area contributed by atoms with E-state index in [1.54, 1.807) is 6.92 Å². The molecule has 0 heterocycles. The molecule has 0 amide bonds. The molecule has 1 rings (SSSR count). The Kier molecular flexibility index (Phi) is 4.65. The van der Waals surface area contributed by atoms with E-state index in [0.29, 0.717) is 0 Å².